The second kappa shape index (κ2) is 10.2. The van der Waals surface area contributed by atoms with Crippen molar-refractivity contribution in [2.75, 3.05) is 19.0 Å². The van der Waals surface area contributed by atoms with Gasteiger partial charge in [0.15, 0.2) is 23.9 Å². The SMILES string of the molecule is COc1cc(/C=C/C(=O)c2cc(Br)cs2)ccc1OCC(=O)Nc1ccc(C)cc1. The molecule has 0 saturated heterocycles. The number of hydrogen-bond acceptors (Lipinski definition) is 5. The third kappa shape index (κ3) is 6.05. The van der Waals surface area contributed by atoms with E-state index in [1.165, 1.54) is 24.5 Å². The first kappa shape index (κ1) is 21.8. The zero-order valence-corrected chi connectivity index (χ0v) is 18.9. The molecule has 1 heterocycles. The molecule has 30 heavy (non-hydrogen) atoms. The number of thiophene rings is 1. The molecule has 0 spiro atoms. The van der Waals surface area contributed by atoms with Crippen molar-refractivity contribution >= 4 is 50.7 Å². The largest absolute Gasteiger partial charge is 0.493 e. The van der Waals surface area contributed by atoms with Crippen LogP contribution in [0.25, 0.3) is 6.08 Å². The van der Waals surface area contributed by atoms with E-state index >= 15 is 0 Å². The molecule has 0 unspecified atom stereocenters. The molecule has 3 aromatic rings. The number of halogens is 1. The Morgan fingerprint density at radius 2 is 1.87 bits per heavy atom. The summed E-state index contributed by atoms with van der Waals surface area (Å²) in [6.07, 6.45) is 3.23. The number of ether oxygens (including phenoxy) is 2. The summed E-state index contributed by atoms with van der Waals surface area (Å²) in [4.78, 5) is 25.0. The minimum atomic E-state index is -0.266. The molecule has 0 atom stereocenters. The van der Waals surface area contributed by atoms with Crippen molar-refractivity contribution in [3.05, 3.63) is 80.5 Å². The maximum Gasteiger partial charge on any atom is 0.262 e. The third-order valence-corrected chi connectivity index (χ3v) is 5.82. The highest BCUT2D eigenvalue weighted by Gasteiger charge is 2.09. The summed E-state index contributed by atoms with van der Waals surface area (Å²) < 4.78 is 11.9. The molecular weight excluding hydrogens is 466 g/mol. The summed E-state index contributed by atoms with van der Waals surface area (Å²) in [5.74, 6) is 0.587. The van der Waals surface area contributed by atoms with Crippen molar-refractivity contribution in [1.82, 2.24) is 0 Å². The summed E-state index contributed by atoms with van der Waals surface area (Å²) >= 11 is 4.73. The molecule has 0 aliphatic carbocycles. The molecule has 7 heteroatoms. The molecule has 5 nitrogen and oxygen atoms in total. The first-order chi connectivity index (χ1) is 14.4. The van der Waals surface area contributed by atoms with Gasteiger partial charge >= 0.3 is 0 Å². The Morgan fingerprint density at radius 1 is 1.10 bits per heavy atom. The van der Waals surface area contributed by atoms with Gasteiger partial charge in [-0.15, -0.1) is 11.3 Å². The van der Waals surface area contributed by atoms with Crippen LogP contribution in [0, 0.1) is 6.92 Å². The second-order valence-corrected chi connectivity index (χ2v) is 8.27. The van der Waals surface area contributed by atoms with Crippen molar-refractivity contribution in [2.45, 2.75) is 6.92 Å². The van der Waals surface area contributed by atoms with E-state index in [2.05, 4.69) is 21.2 Å². The van der Waals surface area contributed by atoms with E-state index < -0.39 is 0 Å². The van der Waals surface area contributed by atoms with Crippen LogP contribution >= 0.6 is 27.3 Å². The lowest BCUT2D eigenvalue weighted by molar-refractivity contribution is -0.118. The van der Waals surface area contributed by atoms with E-state index in [-0.39, 0.29) is 18.3 Å². The van der Waals surface area contributed by atoms with Crippen LogP contribution < -0.4 is 14.8 Å². The lowest BCUT2D eigenvalue weighted by atomic mass is 10.1. The number of allylic oxidation sites excluding steroid dienone is 1. The molecule has 0 radical (unpaired) electrons. The van der Waals surface area contributed by atoms with E-state index in [9.17, 15) is 9.59 Å². The van der Waals surface area contributed by atoms with Gasteiger partial charge in [-0.25, -0.2) is 0 Å². The number of aryl methyl sites for hydroxylation is 1. The summed E-state index contributed by atoms with van der Waals surface area (Å²) in [5.41, 5.74) is 2.62. The van der Waals surface area contributed by atoms with Gasteiger partial charge in [0.25, 0.3) is 5.91 Å². The van der Waals surface area contributed by atoms with Crippen molar-refractivity contribution in [3.8, 4) is 11.5 Å². The number of carbonyl (C=O) groups excluding carboxylic acids is 2. The lowest BCUT2D eigenvalue weighted by Crippen LogP contribution is -2.20. The average molecular weight is 486 g/mol. The first-order valence-electron chi connectivity index (χ1n) is 9.08. The Labute approximate surface area is 187 Å². The topological polar surface area (TPSA) is 64.6 Å². The molecule has 1 aromatic heterocycles. The van der Waals surface area contributed by atoms with Gasteiger partial charge in [-0.2, -0.15) is 0 Å². The molecule has 0 saturated carbocycles. The van der Waals surface area contributed by atoms with Crippen LogP contribution in [0.1, 0.15) is 20.8 Å². The third-order valence-electron chi connectivity index (χ3n) is 4.12. The van der Waals surface area contributed by atoms with Gasteiger partial charge in [-0.05, 0) is 64.8 Å². The number of carbonyl (C=O) groups is 2. The fourth-order valence-electron chi connectivity index (χ4n) is 2.58. The van der Waals surface area contributed by atoms with Crippen molar-refractivity contribution in [1.29, 1.82) is 0 Å². The van der Waals surface area contributed by atoms with Gasteiger partial charge in [0.2, 0.25) is 0 Å². The minimum absolute atomic E-state index is 0.0715. The molecule has 2 aromatic carbocycles. The van der Waals surface area contributed by atoms with Crippen LogP contribution in [0.15, 0.2) is 64.5 Å². The van der Waals surface area contributed by atoms with Crippen LogP contribution in [0.4, 0.5) is 5.69 Å². The molecule has 3 rings (SSSR count). The molecule has 0 aliphatic heterocycles. The van der Waals surface area contributed by atoms with Crippen LogP contribution in [0.5, 0.6) is 11.5 Å². The Hall–Kier alpha value is -2.90. The van der Waals surface area contributed by atoms with E-state index in [4.69, 9.17) is 9.47 Å². The fraction of sp³-hybridized carbons (Fsp3) is 0.130. The van der Waals surface area contributed by atoms with Crippen molar-refractivity contribution in [3.63, 3.8) is 0 Å². The number of methoxy groups -OCH3 is 1. The Morgan fingerprint density at radius 3 is 2.53 bits per heavy atom. The van der Waals surface area contributed by atoms with Crippen molar-refractivity contribution in [2.24, 2.45) is 0 Å². The first-order valence-corrected chi connectivity index (χ1v) is 10.8. The predicted molar refractivity (Wildman–Crippen MR) is 124 cm³/mol. The van der Waals surface area contributed by atoms with Crippen LogP contribution in [-0.2, 0) is 4.79 Å². The standard InChI is InChI=1S/C23H20BrNO4S/c1-15-3-7-18(8-4-15)25-23(27)13-29-20-10-6-16(11-21(20)28-2)5-9-19(26)22-12-17(24)14-30-22/h3-12,14H,13H2,1-2H3,(H,25,27)/b9-5+. The van der Waals surface area contributed by atoms with Gasteiger partial charge in [0.1, 0.15) is 0 Å². The highest BCUT2D eigenvalue weighted by atomic mass is 79.9. The van der Waals surface area contributed by atoms with Gasteiger partial charge in [0.05, 0.1) is 12.0 Å². The van der Waals surface area contributed by atoms with E-state index in [0.29, 0.717) is 22.1 Å². The fourth-order valence-corrected chi connectivity index (χ4v) is 3.93. The number of hydrogen-bond donors (Lipinski definition) is 1. The predicted octanol–water partition coefficient (Wildman–Crippen LogP) is 5.74. The molecular formula is C23H20BrNO4S. The lowest BCUT2D eigenvalue weighted by Gasteiger charge is -2.11. The monoisotopic (exact) mass is 485 g/mol. The zero-order chi connectivity index (χ0) is 21.5. The molecule has 0 fully saturated rings. The summed E-state index contributed by atoms with van der Waals surface area (Å²) in [7, 11) is 1.52. The Bertz CT molecular complexity index is 1070. The summed E-state index contributed by atoms with van der Waals surface area (Å²) in [5, 5.41) is 4.65. The van der Waals surface area contributed by atoms with Crippen LogP contribution in [0.2, 0.25) is 0 Å². The highest BCUT2D eigenvalue weighted by Crippen LogP contribution is 2.29. The summed E-state index contributed by atoms with van der Waals surface area (Å²) in [6.45, 7) is 1.84. The van der Waals surface area contributed by atoms with Gasteiger partial charge < -0.3 is 14.8 Å². The maximum absolute atomic E-state index is 12.2. The van der Waals surface area contributed by atoms with Crippen LogP contribution in [-0.4, -0.2) is 25.4 Å². The number of ketones is 1. The number of benzene rings is 2. The van der Waals surface area contributed by atoms with E-state index in [0.717, 1.165) is 15.6 Å². The summed E-state index contributed by atoms with van der Waals surface area (Å²) in [6, 6.07) is 14.6. The highest BCUT2D eigenvalue weighted by molar-refractivity contribution is 9.10. The number of rotatable bonds is 8. The second-order valence-electron chi connectivity index (χ2n) is 6.44. The molecule has 0 aliphatic rings. The smallest absolute Gasteiger partial charge is 0.262 e. The van der Waals surface area contributed by atoms with Gasteiger partial charge in [0, 0.05) is 15.5 Å². The number of nitrogens with one attached hydrogen (secondary N) is 1. The van der Waals surface area contributed by atoms with Gasteiger partial charge in [-0.3, -0.25) is 9.59 Å². The molecule has 0 bridgehead atoms. The van der Waals surface area contributed by atoms with Gasteiger partial charge in [-0.1, -0.05) is 29.8 Å². The maximum atomic E-state index is 12.2. The normalized spacial score (nSPS) is 10.8. The minimum Gasteiger partial charge on any atom is -0.493 e. The quantitative estimate of drug-likeness (QED) is 0.326. The van der Waals surface area contributed by atoms with Crippen molar-refractivity contribution < 1.29 is 19.1 Å². The Balaban J connectivity index is 1.60. The molecule has 154 valence electrons. The van der Waals surface area contributed by atoms with Crippen LogP contribution in [0.3, 0.4) is 0 Å². The molecule has 1 amide bonds. The van der Waals surface area contributed by atoms with E-state index in [1.54, 1.807) is 30.3 Å². The Kier molecular flexibility index (Phi) is 7.43. The number of amides is 1. The average Bonchev–Trinajstić information content (AvgIpc) is 3.18. The number of anilines is 1. The molecule has 1 N–H and O–H groups in total. The zero-order valence-electron chi connectivity index (χ0n) is 16.5. The van der Waals surface area contributed by atoms with E-state index in [1.807, 2.05) is 36.6 Å².